The van der Waals surface area contributed by atoms with Gasteiger partial charge in [0.1, 0.15) is 4.90 Å². The molecule has 1 aliphatic carbocycles. The van der Waals surface area contributed by atoms with Gasteiger partial charge < -0.3 is 0 Å². The molecular formula is C18H26F3N5O2S. The third-order valence-electron chi connectivity index (χ3n) is 5.09. The molecule has 0 spiro atoms. The minimum absolute atomic E-state index is 0.0871. The third kappa shape index (κ3) is 4.66. The molecule has 0 bridgehead atoms. The van der Waals surface area contributed by atoms with Gasteiger partial charge in [0.25, 0.3) is 0 Å². The maximum atomic E-state index is 13.0. The van der Waals surface area contributed by atoms with Crippen molar-refractivity contribution < 1.29 is 21.6 Å². The molecule has 162 valence electrons. The van der Waals surface area contributed by atoms with Gasteiger partial charge in [-0.2, -0.15) is 23.4 Å². The van der Waals surface area contributed by atoms with E-state index in [1.54, 1.807) is 25.5 Å². The maximum Gasteiger partial charge on any atom is 0.435 e. The van der Waals surface area contributed by atoms with Crippen LogP contribution in [-0.4, -0.2) is 34.5 Å². The molecule has 1 N–H and O–H groups in total. The van der Waals surface area contributed by atoms with E-state index in [2.05, 4.69) is 14.9 Å². The van der Waals surface area contributed by atoms with Gasteiger partial charge in [-0.1, -0.05) is 6.92 Å². The summed E-state index contributed by atoms with van der Waals surface area (Å²) in [4.78, 5) is 0.156. The number of nitrogens with zero attached hydrogens (tertiary/aromatic N) is 4. The number of halogens is 3. The fourth-order valence-electron chi connectivity index (χ4n) is 3.48. The second kappa shape index (κ2) is 7.75. The van der Waals surface area contributed by atoms with E-state index in [1.165, 1.54) is 4.68 Å². The molecule has 29 heavy (non-hydrogen) atoms. The Hall–Kier alpha value is -1.88. The van der Waals surface area contributed by atoms with Gasteiger partial charge in [0.15, 0.2) is 5.69 Å². The second-order valence-corrected chi connectivity index (χ2v) is 9.39. The van der Waals surface area contributed by atoms with E-state index < -0.39 is 21.9 Å². The van der Waals surface area contributed by atoms with Gasteiger partial charge in [0.2, 0.25) is 10.0 Å². The van der Waals surface area contributed by atoms with Crippen LogP contribution in [0.2, 0.25) is 0 Å². The van der Waals surface area contributed by atoms with Crippen molar-refractivity contribution >= 4 is 10.0 Å². The molecule has 1 fully saturated rings. The van der Waals surface area contributed by atoms with Crippen LogP contribution >= 0.6 is 0 Å². The summed E-state index contributed by atoms with van der Waals surface area (Å²) in [5, 5.41) is 7.96. The monoisotopic (exact) mass is 433 g/mol. The summed E-state index contributed by atoms with van der Waals surface area (Å²) in [6.07, 6.45) is -2.79. The first-order valence-electron chi connectivity index (χ1n) is 9.62. The minimum Gasteiger partial charge on any atom is -0.268 e. The highest BCUT2D eigenvalue weighted by molar-refractivity contribution is 7.89. The van der Waals surface area contributed by atoms with Gasteiger partial charge in [0, 0.05) is 31.2 Å². The summed E-state index contributed by atoms with van der Waals surface area (Å²) in [6.45, 7) is 7.85. The molecule has 3 rings (SSSR count). The normalized spacial score (nSPS) is 16.4. The molecule has 7 nitrogen and oxygen atoms in total. The first kappa shape index (κ1) is 21.8. The first-order valence-corrected chi connectivity index (χ1v) is 11.1. The Balaban J connectivity index is 1.71. The molecule has 11 heteroatoms. The molecule has 0 radical (unpaired) electrons. The SMILES string of the molecule is CCn1nc(C)c(S(=O)(=O)NCC(C)Cn2nc(C(F)(F)F)cc2C2CC2)c1C. The lowest BCUT2D eigenvalue weighted by molar-refractivity contribution is -0.141. The highest BCUT2D eigenvalue weighted by Gasteiger charge is 2.38. The number of hydrogen-bond donors (Lipinski definition) is 1. The fraction of sp³-hybridized carbons (Fsp3) is 0.667. The molecule has 0 aliphatic heterocycles. The Kier molecular flexibility index (Phi) is 5.83. The van der Waals surface area contributed by atoms with Crippen LogP contribution in [0.3, 0.4) is 0 Å². The van der Waals surface area contributed by atoms with Crippen LogP contribution < -0.4 is 4.72 Å². The lowest BCUT2D eigenvalue weighted by Crippen LogP contribution is -2.31. The smallest absolute Gasteiger partial charge is 0.268 e. The summed E-state index contributed by atoms with van der Waals surface area (Å²) < 4.78 is 70.1. The molecular weight excluding hydrogens is 407 g/mol. The molecule has 0 saturated heterocycles. The molecule has 1 unspecified atom stereocenters. The minimum atomic E-state index is -4.49. The number of sulfonamides is 1. The van der Waals surface area contributed by atoms with Crippen molar-refractivity contribution in [2.45, 2.75) is 70.6 Å². The van der Waals surface area contributed by atoms with Crippen molar-refractivity contribution in [2.75, 3.05) is 6.54 Å². The molecule has 0 aromatic carbocycles. The molecule has 1 saturated carbocycles. The zero-order valence-electron chi connectivity index (χ0n) is 16.9. The highest BCUT2D eigenvalue weighted by atomic mass is 32.2. The summed E-state index contributed by atoms with van der Waals surface area (Å²) in [7, 11) is -3.77. The Morgan fingerprint density at radius 1 is 1.24 bits per heavy atom. The average Bonchev–Trinajstić information content (AvgIpc) is 3.29. The van der Waals surface area contributed by atoms with Crippen LogP contribution in [0, 0.1) is 19.8 Å². The van der Waals surface area contributed by atoms with Gasteiger partial charge >= 0.3 is 6.18 Å². The first-order chi connectivity index (χ1) is 13.4. The number of rotatable bonds is 8. The zero-order valence-corrected chi connectivity index (χ0v) is 17.7. The summed E-state index contributed by atoms with van der Waals surface area (Å²) in [6, 6.07) is 1.11. The van der Waals surface area contributed by atoms with E-state index in [-0.39, 0.29) is 29.8 Å². The van der Waals surface area contributed by atoms with Crippen molar-refractivity contribution in [3.63, 3.8) is 0 Å². The van der Waals surface area contributed by atoms with E-state index in [1.807, 2.05) is 6.92 Å². The van der Waals surface area contributed by atoms with Gasteiger partial charge in [-0.25, -0.2) is 13.1 Å². The van der Waals surface area contributed by atoms with Crippen LogP contribution in [0.5, 0.6) is 0 Å². The molecule has 1 atom stereocenters. The number of hydrogen-bond acceptors (Lipinski definition) is 4. The van der Waals surface area contributed by atoms with Crippen molar-refractivity contribution in [1.82, 2.24) is 24.3 Å². The predicted octanol–water partition coefficient (Wildman–Crippen LogP) is 3.23. The van der Waals surface area contributed by atoms with Crippen LogP contribution in [0.1, 0.15) is 55.4 Å². The van der Waals surface area contributed by atoms with Crippen molar-refractivity contribution in [2.24, 2.45) is 5.92 Å². The summed E-state index contributed by atoms with van der Waals surface area (Å²) >= 11 is 0. The number of alkyl halides is 3. The van der Waals surface area contributed by atoms with Crippen LogP contribution in [0.25, 0.3) is 0 Å². The molecule has 0 amide bonds. The zero-order chi connectivity index (χ0) is 21.6. The van der Waals surface area contributed by atoms with Gasteiger partial charge in [-0.3, -0.25) is 9.36 Å². The van der Waals surface area contributed by atoms with Crippen LogP contribution in [0.15, 0.2) is 11.0 Å². The Labute approximate surface area is 168 Å². The molecule has 2 aromatic heterocycles. The fourth-order valence-corrected chi connectivity index (χ4v) is 5.06. The van der Waals surface area contributed by atoms with E-state index in [9.17, 15) is 21.6 Å². The van der Waals surface area contributed by atoms with Crippen LogP contribution in [0.4, 0.5) is 13.2 Å². The lowest BCUT2D eigenvalue weighted by Gasteiger charge is -2.15. The molecule has 2 heterocycles. The topological polar surface area (TPSA) is 81.8 Å². The Bertz CT molecular complexity index is 990. The van der Waals surface area contributed by atoms with E-state index in [0.29, 0.717) is 23.6 Å². The lowest BCUT2D eigenvalue weighted by atomic mass is 10.2. The molecule has 1 aliphatic rings. The van der Waals surface area contributed by atoms with E-state index >= 15 is 0 Å². The van der Waals surface area contributed by atoms with Gasteiger partial charge in [-0.15, -0.1) is 0 Å². The largest absolute Gasteiger partial charge is 0.435 e. The average molecular weight is 434 g/mol. The van der Waals surface area contributed by atoms with E-state index in [0.717, 1.165) is 18.9 Å². The molecule has 2 aromatic rings. The number of aryl methyl sites for hydroxylation is 2. The van der Waals surface area contributed by atoms with Crippen LogP contribution in [-0.2, 0) is 29.3 Å². The van der Waals surface area contributed by atoms with Gasteiger partial charge in [0.05, 0.1) is 11.4 Å². The second-order valence-electron chi connectivity index (χ2n) is 7.68. The maximum absolute atomic E-state index is 13.0. The van der Waals surface area contributed by atoms with Crippen molar-refractivity contribution in [3.05, 3.63) is 28.8 Å². The summed E-state index contributed by atoms with van der Waals surface area (Å²) in [5.41, 5.74) is 0.652. The Morgan fingerprint density at radius 3 is 2.41 bits per heavy atom. The number of nitrogens with one attached hydrogen (secondary N) is 1. The standard InChI is InChI=1S/C18H26F3N5O2S/c1-5-25-13(4)17(12(3)23-25)29(27,28)22-9-11(2)10-26-15(14-6-7-14)8-16(24-26)18(19,20)21/h8,11,14,22H,5-7,9-10H2,1-4H3. The third-order valence-corrected chi connectivity index (χ3v) is 6.76. The summed E-state index contributed by atoms with van der Waals surface area (Å²) in [5.74, 6) is -0.141. The highest BCUT2D eigenvalue weighted by Crippen LogP contribution is 2.42. The van der Waals surface area contributed by atoms with Crippen molar-refractivity contribution in [3.8, 4) is 0 Å². The quantitative estimate of drug-likeness (QED) is 0.693. The van der Waals surface area contributed by atoms with Gasteiger partial charge in [-0.05, 0) is 45.6 Å². The predicted molar refractivity (Wildman–Crippen MR) is 101 cm³/mol. The Morgan fingerprint density at radius 2 is 1.90 bits per heavy atom. The van der Waals surface area contributed by atoms with Crippen molar-refractivity contribution in [1.29, 1.82) is 0 Å². The number of aromatic nitrogens is 4. The van der Waals surface area contributed by atoms with E-state index in [4.69, 9.17) is 0 Å².